The highest BCUT2D eigenvalue weighted by molar-refractivity contribution is 7.80. The third kappa shape index (κ3) is 4.66. The second-order valence-corrected chi connectivity index (χ2v) is 4.68. The summed E-state index contributed by atoms with van der Waals surface area (Å²) in [6.45, 7) is 5.60. The highest BCUT2D eigenvalue weighted by atomic mass is 32.1. The Kier molecular flexibility index (Phi) is 5.86. The molecule has 0 fully saturated rings. The van der Waals surface area contributed by atoms with Crippen molar-refractivity contribution in [1.29, 1.82) is 0 Å². The van der Waals surface area contributed by atoms with E-state index in [1.165, 1.54) is 6.08 Å². The van der Waals surface area contributed by atoms with Crippen molar-refractivity contribution in [3.8, 4) is 0 Å². The molecule has 1 aromatic rings. The lowest BCUT2D eigenvalue weighted by molar-refractivity contribution is -0.115. The summed E-state index contributed by atoms with van der Waals surface area (Å²) in [5.74, 6) is -0.185. The van der Waals surface area contributed by atoms with Crippen LogP contribution in [0.2, 0.25) is 0 Å². The number of nitrogens with zero attached hydrogens (tertiary/aromatic N) is 1. The molecule has 92 valence electrons. The van der Waals surface area contributed by atoms with E-state index in [0.29, 0.717) is 5.11 Å². The van der Waals surface area contributed by atoms with E-state index in [1.54, 1.807) is 17.4 Å². The quantitative estimate of drug-likeness (QED) is 0.672. The van der Waals surface area contributed by atoms with Crippen molar-refractivity contribution in [2.75, 3.05) is 13.1 Å². The number of amides is 1. The topological polar surface area (TPSA) is 32.3 Å². The Hall–Kier alpha value is -1.20. The second-order valence-electron chi connectivity index (χ2n) is 3.32. The molecule has 0 atom stereocenters. The molecule has 1 heterocycles. The molecule has 17 heavy (non-hydrogen) atoms. The van der Waals surface area contributed by atoms with Gasteiger partial charge in [-0.15, -0.1) is 11.3 Å². The largest absolute Gasteiger partial charge is 0.350 e. The van der Waals surface area contributed by atoms with E-state index in [2.05, 4.69) is 5.32 Å². The standard InChI is InChI=1S/C12H16N2OS2/c1-3-14(4-2)12(16)13-11(15)8-7-10-6-5-9-17-10/h5-9H,3-4H2,1-2H3,(H,13,15,16)/b8-7+. The van der Waals surface area contributed by atoms with Crippen molar-refractivity contribution in [1.82, 2.24) is 10.2 Å². The molecule has 0 aliphatic rings. The molecular formula is C12H16N2OS2. The fourth-order valence-electron chi connectivity index (χ4n) is 1.28. The summed E-state index contributed by atoms with van der Waals surface area (Å²) in [5.41, 5.74) is 0. The SMILES string of the molecule is CCN(CC)C(=S)NC(=O)/C=C/c1cccs1. The van der Waals surface area contributed by atoms with Gasteiger partial charge in [0.05, 0.1) is 0 Å². The molecule has 1 rings (SSSR count). The van der Waals surface area contributed by atoms with Crippen molar-refractivity contribution in [2.45, 2.75) is 13.8 Å². The van der Waals surface area contributed by atoms with Crippen LogP contribution in [0.5, 0.6) is 0 Å². The van der Waals surface area contributed by atoms with Gasteiger partial charge in [0, 0.05) is 24.0 Å². The molecule has 0 saturated heterocycles. The van der Waals surface area contributed by atoms with Crippen LogP contribution >= 0.6 is 23.6 Å². The third-order valence-corrected chi connectivity index (χ3v) is 3.42. The third-order valence-electron chi connectivity index (χ3n) is 2.22. The number of carbonyl (C=O) groups excluding carboxylic acids is 1. The normalized spacial score (nSPS) is 10.5. The summed E-state index contributed by atoms with van der Waals surface area (Å²) >= 11 is 6.72. The highest BCUT2D eigenvalue weighted by Gasteiger charge is 2.06. The summed E-state index contributed by atoms with van der Waals surface area (Å²) in [7, 11) is 0. The smallest absolute Gasteiger partial charge is 0.250 e. The average Bonchev–Trinajstić information content (AvgIpc) is 2.81. The van der Waals surface area contributed by atoms with Gasteiger partial charge in [-0.2, -0.15) is 0 Å². The van der Waals surface area contributed by atoms with Crippen molar-refractivity contribution in [3.63, 3.8) is 0 Å². The van der Waals surface area contributed by atoms with Crippen LogP contribution in [0.4, 0.5) is 0 Å². The molecule has 0 aliphatic heterocycles. The number of carbonyl (C=O) groups is 1. The Labute approximate surface area is 111 Å². The molecule has 0 spiro atoms. The van der Waals surface area contributed by atoms with E-state index in [9.17, 15) is 4.79 Å². The lowest BCUT2D eigenvalue weighted by Gasteiger charge is -2.21. The molecule has 0 radical (unpaired) electrons. The van der Waals surface area contributed by atoms with Gasteiger partial charge in [0.25, 0.3) is 0 Å². The molecule has 1 aromatic heterocycles. The number of nitrogens with one attached hydrogen (secondary N) is 1. The lowest BCUT2D eigenvalue weighted by atomic mass is 10.4. The minimum Gasteiger partial charge on any atom is -0.350 e. The number of hydrogen-bond acceptors (Lipinski definition) is 3. The predicted octanol–water partition coefficient (Wildman–Crippen LogP) is 2.50. The molecule has 3 nitrogen and oxygen atoms in total. The maximum absolute atomic E-state index is 11.6. The van der Waals surface area contributed by atoms with Crippen LogP contribution in [-0.2, 0) is 4.79 Å². The Balaban J connectivity index is 2.47. The Morgan fingerprint density at radius 2 is 2.24 bits per heavy atom. The van der Waals surface area contributed by atoms with Crippen LogP contribution in [0.3, 0.4) is 0 Å². The van der Waals surface area contributed by atoms with E-state index in [1.807, 2.05) is 36.3 Å². The van der Waals surface area contributed by atoms with Gasteiger partial charge in [-0.3, -0.25) is 10.1 Å². The average molecular weight is 268 g/mol. The summed E-state index contributed by atoms with van der Waals surface area (Å²) < 4.78 is 0. The molecule has 0 saturated carbocycles. The number of thiophene rings is 1. The number of rotatable bonds is 4. The van der Waals surface area contributed by atoms with E-state index >= 15 is 0 Å². The number of thiocarbonyl (C=S) groups is 1. The van der Waals surface area contributed by atoms with Gasteiger partial charge in [0.15, 0.2) is 5.11 Å². The number of hydrogen-bond donors (Lipinski definition) is 1. The summed E-state index contributed by atoms with van der Waals surface area (Å²) in [4.78, 5) is 14.6. The summed E-state index contributed by atoms with van der Waals surface area (Å²) in [6, 6.07) is 3.90. The zero-order valence-corrected chi connectivity index (χ0v) is 11.6. The highest BCUT2D eigenvalue weighted by Crippen LogP contribution is 2.09. The van der Waals surface area contributed by atoms with Crippen LogP contribution in [0, 0.1) is 0 Å². The van der Waals surface area contributed by atoms with Gasteiger partial charge in [-0.1, -0.05) is 6.07 Å². The maximum Gasteiger partial charge on any atom is 0.250 e. The van der Waals surface area contributed by atoms with Gasteiger partial charge < -0.3 is 4.90 Å². The van der Waals surface area contributed by atoms with E-state index in [0.717, 1.165) is 18.0 Å². The Morgan fingerprint density at radius 1 is 1.53 bits per heavy atom. The minimum atomic E-state index is -0.185. The molecule has 1 amide bonds. The van der Waals surface area contributed by atoms with Crippen LogP contribution in [0.25, 0.3) is 6.08 Å². The predicted molar refractivity (Wildman–Crippen MR) is 77.0 cm³/mol. The van der Waals surface area contributed by atoms with Crippen molar-refractivity contribution in [3.05, 3.63) is 28.5 Å². The van der Waals surface area contributed by atoms with E-state index in [4.69, 9.17) is 12.2 Å². The van der Waals surface area contributed by atoms with Crippen molar-refractivity contribution < 1.29 is 4.79 Å². The molecule has 1 N–H and O–H groups in total. The van der Waals surface area contributed by atoms with Crippen LogP contribution in [-0.4, -0.2) is 29.0 Å². The Bertz CT molecular complexity index is 395. The van der Waals surface area contributed by atoms with Gasteiger partial charge in [0.1, 0.15) is 0 Å². The first-order valence-electron chi connectivity index (χ1n) is 5.48. The van der Waals surface area contributed by atoms with Crippen LogP contribution in [0.15, 0.2) is 23.6 Å². The van der Waals surface area contributed by atoms with E-state index in [-0.39, 0.29) is 5.91 Å². The fourth-order valence-corrected chi connectivity index (χ4v) is 2.26. The molecule has 5 heteroatoms. The molecular weight excluding hydrogens is 252 g/mol. The first-order valence-corrected chi connectivity index (χ1v) is 6.77. The van der Waals surface area contributed by atoms with Gasteiger partial charge in [-0.25, -0.2) is 0 Å². The van der Waals surface area contributed by atoms with Gasteiger partial charge in [0.2, 0.25) is 5.91 Å². The summed E-state index contributed by atoms with van der Waals surface area (Å²) in [5, 5.41) is 5.13. The summed E-state index contributed by atoms with van der Waals surface area (Å²) in [6.07, 6.45) is 3.28. The fraction of sp³-hybridized carbons (Fsp3) is 0.333. The molecule has 0 aromatic carbocycles. The van der Waals surface area contributed by atoms with Crippen LogP contribution < -0.4 is 5.32 Å². The van der Waals surface area contributed by atoms with Gasteiger partial charge in [-0.05, 0) is 43.6 Å². The zero-order chi connectivity index (χ0) is 12.7. The van der Waals surface area contributed by atoms with Gasteiger partial charge >= 0.3 is 0 Å². The lowest BCUT2D eigenvalue weighted by Crippen LogP contribution is -2.41. The Morgan fingerprint density at radius 3 is 2.76 bits per heavy atom. The molecule has 0 aliphatic carbocycles. The van der Waals surface area contributed by atoms with Crippen LogP contribution in [0.1, 0.15) is 18.7 Å². The van der Waals surface area contributed by atoms with Crippen molar-refractivity contribution >= 4 is 40.7 Å². The first-order chi connectivity index (χ1) is 8.17. The maximum atomic E-state index is 11.6. The minimum absolute atomic E-state index is 0.185. The zero-order valence-electron chi connectivity index (χ0n) is 9.97. The molecule has 0 bridgehead atoms. The van der Waals surface area contributed by atoms with Crippen molar-refractivity contribution in [2.24, 2.45) is 0 Å². The second kappa shape index (κ2) is 7.19. The van der Waals surface area contributed by atoms with E-state index < -0.39 is 0 Å². The molecule has 0 unspecified atom stereocenters. The monoisotopic (exact) mass is 268 g/mol. The first kappa shape index (κ1) is 13.9.